The molecule has 0 saturated carbocycles. The largest absolute Gasteiger partial charge is 0.493 e. The van der Waals surface area contributed by atoms with Gasteiger partial charge in [0.05, 0.1) is 6.61 Å². The van der Waals surface area contributed by atoms with Gasteiger partial charge in [-0.3, -0.25) is 4.79 Å². The number of aromatic carboxylic acids is 1. The second-order valence-corrected chi connectivity index (χ2v) is 4.74. The van der Waals surface area contributed by atoms with Crippen LogP contribution in [0.3, 0.4) is 0 Å². The fourth-order valence-corrected chi connectivity index (χ4v) is 1.98. The van der Waals surface area contributed by atoms with Gasteiger partial charge in [0.25, 0.3) is 5.56 Å². The van der Waals surface area contributed by atoms with E-state index in [4.69, 9.17) is 9.84 Å². The van der Waals surface area contributed by atoms with Gasteiger partial charge in [0.15, 0.2) is 0 Å². The predicted molar refractivity (Wildman–Crippen MR) is 79.0 cm³/mol. The highest BCUT2D eigenvalue weighted by molar-refractivity contribution is 5.90. The number of carbonyl (C=O) groups is 1. The molecule has 0 bridgehead atoms. The van der Waals surface area contributed by atoms with Crippen LogP contribution in [-0.2, 0) is 6.54 Å². The van der Waals surface area contributed by atoms with Crippen molar-refractivity contribution in [2.45, 2.75) is 19.9 Å². The van der Waals surface area contributed by atoms with Crippen LogP contribution in [0.15, 0.2) is 47.4 Å². The third-order valence-corrected chi connectivity index (χ3v) is 3.07. The molecule has 0 amide bonds. The summed E-state index contributed by atoms with van der Waals surface area (Å²) in [4.78, 5) is 22.7. The molecule has 0 aliphatic heterocycles. The molecule has 0 fully saturated rings. The van der Waals surface area contributed by atoms with Gasteiger partial charge in [0.2, 0.25) is 0 Å². The minimum absolute atomic E-state index is 0.0408. The molecule has 1 heterocycles. The fraction of sp³-hybridized carbons (Fsp3) is 0.250. The van der Waals surface area contributed by atoms with Gasteiger partial charge in [-0.05, 0) is 37.1 Å². The molecule has 1 aromatic heterocycles. The maximum Gasteiger partial charge on any atom is 0.339 e. The monoisotopic (exact) mass is 287 g/mol. The van der Waals surface area contributed by atoms with Crippen molar-refractivity contribution >= 4 is 5.97 Å². The second kappa shape index (κ2) is 6.74. The molecule has 1 aromatic carbocycles. The first-order valence-corrected chi connectivity index (χ1v) is 6.70. The van der Waals surface area contributed by atoms with E-state index in [1.807, 2.05) is 13.0 Å². The van der Waals surface area contributed by atoms with Gasteiger partial charge in [-0.15, -0.1) is 0 Å². The lowest BCUT2D eigenvalue weighted by Gasteiger charge is -2.10. The number of aromatic nitrogens is 1. The number of carboxylic acids is 1. The minimum atomic E-state index is -1.01. The molecule has 0 aliphatic carbocycles. The average Bonchev–Trinajstić information content (AvgIpc) is 2.45. The lowest BCUT2D eigenvalue weighted by atomic mass is 10.2. The summed E-state index contributed by atoms with van der Waals surface area (Å²) in [6, 6.07) is 9.97. The van der Waals surface area contributed by atoms with Gasteiger partial charge in [-0.1, -0.05) is 12.1 Å². The summed E-state index contributed by atoms with van der Waals surface area (Å²) in [5, 5.41) is 9.04. The maximum atomic E-state index is 11.7. The number of rotatable bonds is 6. The van der Waals surface area contributed by atoms with Gasteiger partial charge in [0.1, 0.15) is 11.3 Å². The second-order valence-electron chi connectivity index (χ2n) is 4.74. The SMILES string of the molecule is Cc1ccn(CCCOc2ccccc2C(=O)O)c(=O)c1. The summed E-state index contributed by atoms with van der Waals surface area (Å²) in [6.45, 7) is 2.76. The van der Waals surface area contributed by atoms with Gasteiger partial charge in [-0.25, -0.2) is 4.79 Å². The Kier molecular flexibility index (Phi) is 4.77. The molecular weight excluding hydrogens is 270 g/mol. The first-order valence-electron chi connectivity index (χ1n) is 6.70. The Morgan fingerprint density at radius 3 is 2.76 bits per heavy atom. The van der Waals surface area contributed by atoms with E-state index < -0.39 is 5.97 Å². The molecule has 0 aliphatic rings. The first-order chi connectivity index (χ1) is 10.1. The Morgan fingerprint density at radius 1 is 1.29 bits per heavy atom. The van der Waals surface area contributed by atoms with Crippen LogP contribution in [-0.4, -0.2) is 22.2 Å². The summed E-state index contributed by atoms with van der Waals surface area (Å²) < 4.78 is 7.10. The summed E-state index contributed by atoms with van der Waals surface area (Å²) >= 11 is 0. The van der Waals surface area contributed by atoms with Crippen LogP contribution in [0.4, 0.5) is 0 Å². The Labute approximate surface area is 122 Å². The highest BCUT2D eigenvalue weighted by Crippen LogP contribution is 2.17. The standard InChI is InChI=1S/C16H17NO4/c1-12-7-9-17(15(18)11-12)8-4-10-21-14-6-3-2-5-13(14)16(19)20/h2-3,5-7,9,11H,4,8,10H2,1H3,(H,19,20). The third-order valence-electron chi connectivity index (χ3n) is 3.07. The molecule has 2 rings (SSSR count). The summed E-state index contributed by atoms with van der Waals surface area (Å²) in [5.74, 6) is -0.665. The lowest BCUT2D eigenvalue weighted by Crippen LogP contribution is -2.19. The number of nitrogens with zero attached hydrogens (tertiary/aromatic N) is 1. The molecule has 110 valence electrons. The highest BCUT2D eigenvalue weighted by Gasteiger charge is 2.09. The highest BCUT2D eigenvalue weighted by atomic mass is 16.5. The zero-order valence-corrected chi connectivity index (χ0v) is 11.8. The van der Waals surface area contributed by atoms with E-state index in [0.29, 0.717) is 25.3 Å². The Morgan fingerprint density at radius 2 is 2.05 bits per heavy atom. The van der Waals surface area contributed by atoms with Crippen molar-refractivity contribution in [3.63, 3.8) is 0 Å². The molecule has 1 N–H and O–H groups in total. The van der Waals surface area contributed by atoms with Crippen LogP contribution >= 0.6 is 0 Å². The number of ether oxygens (including phenoxy) is 1. The lowest BCUT2D eigenvalue weighted by molar-refractivity contribution is 0.0692. The molecule has 21 heavy (non-hydrogen) atoms. The topological polar surface area (TPSA) is 68.5 Å². The molecule has 0 radical (unpaired) electrons. The smallest absolute Gasteiger partial charge is 0.339 e. The van der Waals surface area contributed by atoms with Crippen molar-refractivity contribution in [3.8, 4) is 5.75 Å². The van der Waals surface area contributed by atoms with Crippen LogP contribution in [0.1, 0.15) is 22.3 Å². The van der Waals surface area contributed by atoms with E-state index in [0.717, 1.165) is 5.56 Å². The van der Waals surface area contributed by atoms with Crippen molar-refractivity contribution in [2.24, 2.45) is 0 Å². The average molecular weight is 287 g/mol. The fourth-order valence-electron chi connectivity index (χ4n) is 1.98. The summed E-state index contributed by atoms with van der Waals surface area (Å²) in [5.41, 5.74) is 1.04. The predicted octanol–water partition coefficient (Wildman–Crippen LogP) is 2.32. The molecule has 0 unspecified atom stereocenters. The summed E-state index contributed by atoms with van der Waals surface area (Å²) in [7, 11) is 0. The number of para-hydroxylation sites is 1. The van der Waals surface area contributed by atoms with Crippen molar-refractivity contribution in [1.29, 1.82) is 0 Å². The molecule has 5 heteroatoms. The Hall–Kier alpha value is -2.56. The van der Waals surface area contributed by atoms with Crippen molar-refractivity contribution in [2.75, 3.05) is 6.61 Å². The number of benzene rings is 1. The van der Waals surface area contributed by atoms with Gasteiger partial charge in [-0.2, -0.15) is 0 Å². The van der Waals surface area contributed by atoms with Gasteiger partial charge >= 0.3 is 5.97 Å². The number of aryl methyl sites for hydroxylation is 2. The van der Waals surface area contributed by atoms with E-state index in [1.54, 1.807) is 35.0 Å². The normalized spacial score (nSPS) is 10.3. The molecular formula is C16H17NO4. The number of pyridine rings is 1. The van der Waals surface area contributed by atoms with Crippen LogP contribution in [0, 0.1) is 6.92 Å². The Balaban J connectivity index is 1.91. The summed E-state index contributed by atoms with van der Waals surface area (Å²) in [6.07, 6.45) is 2.37. The molecule has 2 aromatic rings. The number of carboxylic acid groups (broad SMARTS) is 1. The van der Waals surface area contributed by atoms with Gasteiger partial charge < -0.3 is 14.4 Å². The zero-order valence-electron chi connectivity index (χ0n) is 11.8. The van der Waals surface area contributed by atoms with Crippen LogP contribution in [0.25, 0.3) is 0 Å². The van der Waals surface area contributed by atoms with E-state index in [-0.39, 0.29) is 11.1 Å². The quantitative estimate of drug-likeness (QED) is 0.828. The molecule has 0 spiro atoms. The van der Waals surface area contributed by atoms with Crippen LogP contribution in [0.2, 0.25) is 0 Å². The molecule has 5 nitrogen and oxygen atoms in total. The first kappa shape index (κ1) is 14.8. The minimum Gasteiger partial charge on any atom is -0.493 e. The number of hydrogen-bond donors (Lipinski definition) is 1. The Bertz CT molecular complexity index is 691. The van der Waals surface area contributed by atoms with E-state index >= 15 is 0 Å². The van der Waals surface area contributed by atoms with Gasteiger partial charge in [0, 0.05) is 18.8 Å². The zero-order chi connectivity index (χ0) is 15.2. The van der Waals surface area contributed by atoms with Crippen LogP contribution < -0.4 is 10.3 Å². The van der Waals surface area contributed by atoms with Crippen molar-refractivity contribution in [1.82, 2.24) is 4.57 Å². The molecule has 0 saturated heterocycles. The van der Waals surface area contributed by atoms with Crippen molar-refractivity contribution < 1.29 is 14.6 Å². The van der Waals surface area contributed by atoms with Crippen LogP contribution in [0.5, 0.6) is 5.75 Å². The van der Waals surface area contributed by atoms with E-state index in [1.165, 1.54) is 6.07 Å². The third kappa shape index (κ3) is 3.95. The molecule has 0 atom stereocenters. The van der Waals surface area contributed by atoms with Crippen molar-refractivity contribution in [3.05, 3.63) is 64.1 Å². The number of hydrogen-bond acceptors (Lipinski definition) is 3. The maximum absolute atomic E-state index is 11.7. The van der Waals surface area contributed by atoms with E-state index in [2.05, 4.69) is 0 Å². The van der Waals surface area contributed by atoms with E-state index in [9.17, 15) is 9.59 Å².